The quantitative estimate of drug-likeness (QED) is 0.697. The van der Waals surface area contributed by atoms with Crippen LogP contribution < -0.4 is 5.32 Å². The number of hydrogen-bond donors (Lipinski definition) is 2. The molecule has 4 heteroatoms. The molecule has 0 bridgehead atoms. The van der Waals surface area contributed by atoms with Gasteiger partial charge in [0, 0.05) is 13.0 Å². The van der Waals surface area contributed by atoms with Gasteiger partial charge in [0.1, 0.15) is 0 Å². The van der Waals surface area contributed by atoms with Gasteiger partial charge >= 0.3 is 5.97 Å². The normalized spacial score (nSPS) is 28.4. The number of rotatable bonds is 2. The fourth-order valence-corrected chi connectivity index (χ4v) is 2.01. The van der Waals surface area contributed by atoms with E-state index in [1.807, 2.05) is 13.8 Å². The molecule has 14 heavy (non-hydrogen) atoms. The number of carboxylic acid groups (broad SMARTS) is 1. The molecular formula is C10H17NO3. The van der Waals surface area contributed by atoms with Crippen molar-refractivity contribution >= 4 is 11.9 Å². The SMILES string of the molecule is CC(C)C1(C(=O)O)CCNC(=O)CC1. The van der Waals surface area contributed by atoms with Crippen LogP contribution in [0.25, 0.3) is 0 Å². The summed E-state index contributed by atoms with van der Waals surface area (Å²) in [7, 11) is 0. The highest BCUT2D eigenvalue weighted by molar-refractivity contribution is 5.80. The molecular weight excluding hydrogens is 182 g/mol. The molecule has 0 saturated carbocycles. The lowest BCUT2D eigenvalue weighted by atomic mass is 9.72. The molecule has 1 amide bonds. The van der Waals surface area contributed by atoms with Crippen molar-refractivity contribution in [3.8, 4) is 0 Å². The van der Waals surface area contributed by atoms with Crippen LogP contribution in [-0.4, -0.2) is 23.5 Å². The number of amides is 1. The van der Waals surface area contributed by atoms with E-state index in [0.29, 0.717) is 25.8 Å². The van der Waals surface area contributed by atoms with Crippen LogP contribution in [0.3, 0.4) is 0 Å². The molecule has 0 aromatic rings. The summed E-state index contributed by atoms with van der Waals surface area (Å²) in [6.45, 7) is 4.29. The Hall–Kier alpha value is -1.06. The maximum absolute atomic E-state index is 11.2. The van der Waals surface area contributed by atoms with Gasteiger partial charge in [0.15, 0.2) is 0 Å². The molecule has 1 aliphatic rings. The molecule has 2 N–H and O–H groups in total. The van der Waals surface area contributed by atoms with Crippen LogP contribution >= 0.6 is 0 Å². The molecule has 1 atom stereocenters. The first-order chi connectivity index (χ1) is 6.49. The van der Waals surface area contributed by atoms with Crippen LogP contribution in [0.2, 0.25) is 0 Å². The van der Waals surface area contributed by atoms with E-state index in [9.17, 15) is 14.7 Å². The molecule has 0 aromatic carbocycles. The fraction of sp³-hybridized carbons (Fsp3) is 0.800. The van der Waals surface area contributed by atoms with E-state index in [1.54, 1.807) is 0 Å². The summed E-state index contributed by atoms with van der Waals surface area (Å²) in [4.78, 5) is 22.4. The predicted molar refractivity (Wildman–Crippen MR) is 51.8 cm³/mol. The van der Waals surface area contributed by atoms with Gasteiger partial charge in [0.05, 0.1) is 5.41 Å². The largest absolute Gasteiger partial charge is 0.481 e. The molecule has 1 saturated heterocycles. The van der Waals surface area contributed by atoms with Gasteiger partial charge in [-0.15, -0.1) is 0 Å². The van der Waals surface area contributed by atoms with Gasteiger partial charge < -0.3 is 10.4 Å². The first kappa shape index (κ1) is 11.0. The van der Waals surface area contributed by atoms with Gasteiger partial charge in [-0.3, -0.25) is 9.59 Å². The van der Waals surface area contributed by atoms with Crippen LogP contribution in [0.5, 0.6) is 0 Å². The third kappa shape index (κ3) is 1.89. The summed E-state index contributed by atoms with van der Waals surface area (Å²) >= 11 is 0. The predicted octanol–water partition coefficient (Wildman–Crippen LogP) is 1.01. The number of carbonyl (C=O) groups excluding carboxylic acids is 1. The van der Waals surface area contributed by atoms with E-state index < -0.39 is 11.4 Å². The second kappa shape index (κ2) is 3.98. The Kier molecular flexibility index (Phi) is 3.13. The Bertz CT molecular complexity index is 250. The van der Waals surface area contributed by atoms with Gasteiger partial charge in [-0.25, -0.2) is 0 Å². The van der Waals surface area contributed by atoms with Gasteiger partial charge in [-0.2, -0.15) is 0 Å². The van der Waals surface area contributed by atoms with Gasteiger partial charge in [-0.05, 0) is 18.8 Å². The number of aliphatic carboxylic acids is 1. The van der Waals surface area contributed by atoms with E-state index in [-0.39, 0.29) is 11.8 Å². The smallest absolute Gasteiger partial charge is 0.309 e. The molecule has 80 valence electrons. The maximum atomic E-state index is 11.2. The lowest BCUT2D eigenvalue weighted by Gasteiger charge is -2.31. The molecule has 4 nitrogen and oxygen atoms in total. The minimum atomic E-state index is -0.774. The Labute approximate surface area is 83.7 Å². The Morgan fingerprint density at radius 1 is 1.50 bits per heavy atom. The van der Waals surface area contributed by atoms with Crippen molar-refractivity contribution in [1.82, 2.24) is 5.32 Å². The molecule has 1 rings (SSSR count). The van der Waals surface area contributed by atoms with Crippen LogP contribution in [0.1, 0.15) is 33.1 Å². The van der Waals surface area contributed by atoms with Crippen molar-refractivity contribution in [3.63, 3.8) is 0 Å². The van der Waals surface area contributed by atoms with Gasteiger partial charge in [0.2, 0.25) is 5.91 Å². The van der Waals surface area contributed by atoms with Crippen LogP contribution in [-0.2, 0) is 9.59 Å². The zero-order valence-electron chi connectivity index (χ0n) is 8.67. The maximum Gasteiger partial charge on any atom is 0.309 e. The Morgan fingerprint density at radius 2 is 2.14 bits per heavy atom. The third-order valence-corrected chi connectivity index (χ3v) is 3.22. The summed E-state index contributed by atoms with van der Waals surface area (Å²) in [6.07, 6.45) is 1.31. The van der Waals surface area contributed by atoms with Crippen molar-refractivity contribution < 1.29 is 14.7 Å². The van der Waals surface area contributed by atoms with E-state index in [2.05, 4.69) is 5.32 Å². The van der Waals surface area contributed by atoms with Crippen LogP contribution in [0.15, 0.2) is 0 Å². The first-order valence-corrected chi connectivity index (χ1v) is 4.99. The van der Waals surface area contributed by atoms with Gasteiger partial charge in [-0.1, -0.05) is 13.8 Å². The average molecular weight is 199 g/mol. The molecule has 0 aromatic heterocycles. The number of carboxylic acids is 1. The first-order valence-electron chi connectivity index (χ1n) is 4.99. The second-order valence-electron chi connectivity index (χ2n) is 4.22. The zero-order chi connectivity index (χ0) is 10.8. The molecule has 0 spiro atoms. The number of hydrogen-bond acceptors (Lipinski definition) is 2. The van der Waals surface area contributed by atoms with E-state index in [0.717, 1.165) is 0 Å². The average Bonchev–Trinajstić information content (AvgIpc) is 2.27. The van der Waals surface area contributed by atoms with E-state index >= 15 is 0 Å². The third-order valence-electron chi connectivity index (χ3n) is 3.22. The van der Waals surface area contributed by atoms with E-state index in [4.69, 9.17) is 0 Å². The van der Waals surface area contributed by atoms with Crippen LogP contribution in [0.4, 0.5) is 0 Å². The zero-order valence-corrected chi connectivity index (χ0v) is 8.67. The van der Waals surface area contributed by atoms with Crippen molar-refractivity contribution in [2.24, 2.45) is 11.3 Å². The molecule has 1 heterocycles. The molecule has 1 unspecified atom stereocenters. The Morgan fingerprint density at radius 3 is 2.64 bits per heavy atom. The summed E-state index contributed by atoms with van der Waals surface area (Å²) in [5, 5.41) is 11.9. The molecule has 1 fully saturated rings. The Balaban J connectivity index is 2.87. The fourth-order valence-electron chi connectivity index (χ4n) is 2.01. The lowest BCUT2D eigenvalue weighted by Crippen LogP contribution is -2.37. The van der Waals surface area contributed by atoms with Crippen LogP contribution in [0, 0.1) is 11.3 Å². The van der Waals surface area contributed by atoms with Crippen molar-refractivity contribution in [2.75, 3.05) is 6.54 Å². The molecule has 0 aliphatic carbocycles. The lowest BCUT2D eigenvalue weighted by molar-refractivity contribution is -0.152. The molecule has 1 aliphatic heterocycles. The standard InChI is InChI=1S/C10H17NO3/c1-7(2)10(9(13)14)4-3-8(12)11-6-5-10/h7H,3-6H2,1-2H3,(H,11,12)(H,13,14). The van der Waals surface area contributed by atoms with E-state index in [1.165, 1.54) is 0 Å². The summed E-state index contributed by atoms with van der Waals surface area (Å²) in [6, 6.07) is 0. The second-order valence-corrected chi connectivity index (χ2v) is 4.22. The molecule has 0 radical (unpaired) electrons. The highest BCUT2D eigenvalue weighted by Gasteiger charge is 2.42. The van der Waals surface area contributed by atoms with Crippen molar-refractivity contribution in [3.05, 3.63) is 0 Å². The monoisotopic (exact) mass is 199 g/mol. The van der Waals surface area contributed by atoms with Gasteiger partial charge in [0.25, 0.3) is 0 Å². The summed E-state index contributed by atoms with van der Waals surface area (Å²) < 4.78 is 0. The minimum absolute atomic E-state index is 0.0335. The van der Waals surface area contributed by atoms with Crippen molar-refractivity contribution in [1.29, 1.82) is 0 Å². The minimum Gasteiger partial charge on any atom is -0.481 e. The number of carbonyl (C=O) groups is 2. The summed E-state index contributed by atoms with van der Waals surface area (Å²) in [5.41, 5.74) is -0.723. The van der Waals surface area contributed by atoms with Crippen molar-refractivity contribution in [2.45, 2.75) is 33.1 Å². The topological polar surface area (TPSA) is 66.4 Å². The summed E-state index contributed by atoms with van der Waals surface area (Å²) in [5.74, 6) is -0.745. The highest BCUT2D eigenvalue weighted by Crippen LogP contribution is 2.37. The number of nitrogens with one attached hydrogen (secondary N) is 1. The highest BCUT2D eigenvalue weighted by atomic mass is 16.4.